The number of thioether (sulfide) groups is 1. The van der Waals surface area contributed by atoms with Gasteiger partial charge in [-0.1, -0.05) is 17.8 Å². The zero-order valence-electron chi connectivity index (χ0n) is 15.5. The summed E-state index contributed by atoms with van der Waals surface area (Å²) in [5.41, 5.74) is 2.70. The lowest BCUT2D eigenvalue weighted by Gasteiger charge is -2.14. The van der Waals surface area contributed by atoms with Crippen molar-refractivity contribution >= 4 is 23.4 Å². The van der Waals surface area contributed by atoms with Crippen molar-refractivity contribution < 1.29 is 18.0 Å². The fourth-order valence-corrected chi connectivity index (χ4v) is 3.62. The molecule has 3 aromatic rings. The van der Waals surface area contributed by atoms with E-state index < -0.39 is 34.3 Å². The topological polar surface area (TPSA) is 46.9 Å². The lowest BCUT2D eigenvalue weighted by atomic mass is 10.1. The number of aromatic nitrogens is 2. The summed E-state index contributed by atoms with van der Waals surface area (Å²) in [5.74, 6) is -4.91. The first-order valence-electron chi connectivity index (χ1n) is 8.49. The first-order chi connectivity index (χ1) is 13.3. The van der Waals surface area contributed by atoms with E-state index >= 15 is 0 Å². The predicted octanol–water partition coefficient (Wildman–Crippen LogP) is 5.03. The number of rotatable bonds is 5. The molecule has 0 spiro atoms. The van der Waals surface area contributed by atoms with Crippen LogP contribution in [0.4, 0.5) is 18.9 Å². The van der Waals surface area contributed by atoms with E-state index in [4.69, 9.17) is 0 Å². The molecule has 1 N–H and O–H groups in total. The van der Waals surface area contributed by atoms with Gasteiger partial charge in [-0.2, -0.15) is 0 Å². The number of carbonyl (C=O) groups is 1. The largest absolute Gasteiger partial charge is 0.323 e. The molecule has 1 amide bonds. The first kappa shape index (κ1) is 20.0. The van der Waals surface area contributed by atoms with E-state index in [1.165, 1.54) is 11.8 Å². The second-order valence-electron chi connectivity index (χ2n) is 6.40. The van der Waals surface area contributed by atoms with Crippen LogP contribution in [-0.4, -0.2) is 20.7 Å². The Balaban J connectivity index is 1.77. The minimum atomic E-state index is -1.62. The molecule has 3 rings (SSSR count). The second kappa shape index (κ2) is 8.10. The van der Waals surface area contributed by atoms with Gasteiger partial charge in [0.2, 0.25) is 5.91 Å². The van der Waals surface area contributed by atoms with Crippen molar-refractivity contribution in [3.8, 4) is 5.69 Å². The van der Waals surface area contributed by atoms with Crippen LogP contribution in [0.2, 0.25) is 0 Å². The summed E-state index contributed by atoms with van der Waals surface area (Å²) in [5, 5.41) is 2.22. The predicted molar refractivity (Wildman–Crippen MR) is 103 cm³/mol. The van der Waals surface area contributed by atoms with Gasteiger partial charge in [0, 0.05) is 18.1 Å². The third-order valence-corrected chi connectivity index (χ3v) is 5.12. The molecule has 0 aliphatic rings. The van der Waals surface area contributed by atoms with Gasteiger partial charge in [-0.15, -0.1) is 0 Å². The van der Waals surface area contributed by atoms with Crippen molar-refractivity contribution in [3.63, 3.8) is 0 Å². The van der Waals surface area contributed by atoms with E-state index in [1.54, 1.807) is 19.3 Å². The number of halogens is 3. The number of imidazole rings is 1. The molecule has 1 aromatic heterocycles. The van der Waals surface area contributed by atoms with Gasteiger partial charge in [-0.05, 0) is 56.2 Å². The molecule has 0 aliphatic carbocycles. The van der Waals surface area contributed by atoms with Gasteiger partial charge in [0.05, 0.1) is 10.9 Å². The highest BCUT2D eigenvalue weighted by Crippen LogP contribution is 2.27. The Morgan fingerprint density at radius 2 is 1.79 bits per heavy atom. The lowest BCUT2D eigenvalue weighted by Crippen LogP contribution is -2.23. The molecule has 1 unspecified atom stereocenters. The molecule has 0 saturated heterocycles. The maximum absolute atomic E-state index is 13.8. The molecule has 4 nitrogen and oxygen atoms in total. The van der Waals surface area contributed by atoms with Crippen LogP contribution >= 0.6 is 11.8 Å². The van der Waals surface area contributed by atoms with Crippen LogP contribution in [0.25, 0.3) is 5.69 Å². The van der Waals surface area contributed by atoms with Crippen molar-refractivity contribution in [1.82, 2.24) is 9.55 Å². The minimum Gasteiger partial charge on any atom is -0.323 e. The van der Waals surface area contributed by atoms with Gasteiger partial charge >= 0.3 is 0 Å². The Kier molecular flexibility index (Phi) is 5.79. The van der Waals surface area contributed by atoms with Crippen LogP contribution in [0, 0.1) is 31.3 Å². The average molecular weight is 405 g/mol. The molecule has 1 heterocycles. The van der Waals surface area contributed by atoms with Gasteiger partial charge < -0.3 is 5.32 Å². The summed E-state index contributed by atoms with van der Waals surface area (Å²) >= 11 is 1.17. The van der Waals surface area contributed by atoms with Gasteiger partial charge in [0.1, 0.15) is 0 Å². The Bertz CT molecular complexity index is 1020. The summed E-state index contributed by atoms with van der Waals surface area (Å²) in [7, 11) is 0. The molecule has 1 atom stereocenters. The quantitative estimate of drug-likeness (QED) is 0.479. The summed E-state index contributed by atoms with van der Waals surface area (Å²) in [6.07, 6.45) is 3.41. The average Bonchev–Trinajstić information content (AvgIpc) is 3.09. The van der Waals surface area contributed by atoms with E-state index in [0.29, 0.717) is 5.16 Å². The molecule has 0 radical (unpaired) electrons. The fraction of sp³-hybridized carbons (Fsp3) is 0.200. The Morgan fingerprint density at radius 3 is 2.46 bits per heavy atom. The number of nitrogens with zero attached hydrogens (tertiary/aromatic N) is 2. The van der Waals surface area contributed by atoms with Gasteiger partial charge in [0.25, 0.3) is 0 Å². The number of hydrogen-bond acceptors (Lipinski definition) is 3. The van der Waals surface area contributed by atoms with Crippen LogP contribution < -0.4 is 5.32 Å². The van der Waals surface area contributed by atoms with Crippen LogP contribution in [0.5, 0.6) is 0 Å². The van der Waals surface area contributed by atoms with Crippen LogP contribution in [0.3, 0.4) is 0 Å². The van der Waals surface area contributed by atoms with Crippen molar-refractivity contribution in [2.45, 2.75) is 31.2 Å². The number of hydrogen-bond donors (Lipinski definition) is 1. The van der Waals surface area contributed by atoms with Gasteiger partial charge in [-0.25, -0.2) is 18.2 Å². The van der Waals surface area contributed by atoms with Crippen molar-refractivity contribution in [2.75, 3.05) is 5.32 Å². The number of nitrogens with one attached hydrogen (secondary N) is 1. The molecule has 2 aromatic carbocycles. The number of amides is 1. The lowest BCUT2D eigenvalue weighted by molar-refractivity contribution is -0.115. The Morgan fingerprint density at radius 1 is 1.11 bits per heavy atom. The summed E-state index contributed by atoms with van der Waals surface area (Å²) in [6.45, 7) is 5.61. The molecule has 28 heavy (non-hydrogen) atoms. The molecular weight excluding hydrogens is 387 g/mol. The van der Waals surface area contributed by atoms with Crippen LogP contribution in [0.15, 0.2) is 47.9 Å². The number of carbonyl (C=O) groups excluding carboxylic acids is 1. The molecule has 0 fully saturated rings. The zero-order chi connectivity index (χ0) is 20.4. The highest BCUT2D eigenvalue weighted by atomic mass is 32.2. The third kappa shape index (κ3) is 4.22. The highest BCUT2D eigenvalue weighted by molar-refractivity contribution is 8.00. The second-order valence-corrected chi connectivity index (χ2v) is 7.71. The number of aryl methyl sites for hydroxylation is 2. The minimum absolute atomic E-state index is 0.408. The molecule has 8 heteroatoms. The smallest absolute Gasteiger partial charge is 0.237 e. The van der Waals surface area contributed by atoms with Crippen LogP contribution in [-0.2, 0) is 4.79 Å². The van der Waals surface area contributed by atoms with Crippen molar-refractivity contribution in [1.29, 1.82) is 0 Å². The van der Waals surface area contributed by atoms with E-state index in [2.05, 4.69) is 16.4 Å². The zero-order valence-corrected chi connectivity index (χ0v) is 16.3. The number of anilines is 1. The maximum atomic E-state index is 13.8. The van der Waals surface area contributed by atoms with E-state index in [1.807, 2.05) is 30.5 Å². The molecule has 0 aliphatic heterocycles. The van der Waals surface area contributed by atoms with E-state index in [-0.39, 0.29) is 0 Å². The van der Waals surface area contributed by atoms with Gasteiger partial charge in [0.15, 0.2) is 22.6 Å². The molecule has 0 bridgehead atoms. The Labute approximate surface area is 164 Å². The standard InChI is InChI=1S/C20H18F3N3OS/c1-11-8-12(2)10-14(9-11)26-7-6-24-20(26)28-13(3)19(27)25-16-5-4-15(21)17(22)18(16)23/h4-10,13H,1-3H3,(H,25,27). The SMILES string of the molecule is Cc1cc(C)cc(-n2ccnc2SC(C)C(=O)Nc2ccc(F)c(F)c2F)c1. The molecule has 146 valence electrons. The monoisotopic (exact) mass is 405 g/mol. The van der Waals surface area contributed by atoms with Crippen molar-refractivity contribution in [3.05, 3.63) is 71.3 Å². The number of benzene rings is 2. The summed E-state index contributed by atoms with van der Waals surface area (Å²) in [6, 6.07) is 7.80. The fourth-order valence-electron chi connectivity index (χ4n) is 2.73. The summed E-state index contributed by atoms with van der Waals surface area (Å²) in [4.78, 5) is 16.7. The normalized spacial score (nSPS) is 12.1. The third-order valence-electron chi connectivity index (χ3n) is 4.04. The maximum Gasteiger partial charge on any atom is 0.237 e. The highest BCUT2D eigenvalue weighted by Gasteiger charge is 2.21. The molecular formula is C20H18F3N3OS. The van der Waals surface area contributed by atoms with Crippen molar-refractivity contribution in [2.24, 2.45) is 0 Å². The van der Waals surface area contributed by atoms with Crippen LogP contribution in [0.1, 0.15) is 18.1 Å². The molecule has 0 saturated carbocycles. The van der Waals surface area contributed by atoms with E-state index in [0.717, 1.165) is 28.9 Å². The van der Waals surface area contributed by atoms with E-state index in [9.17, 15) is 18.0 Å². The summed E-state index contributed by atoms with van der Waals surface area (Å²) < 4.78 is 42.0. The van der Waals surface area contributed by atoms with Gasteiger partial charge in [-0.3, -0.25) is 9.36 Å². The Hall–Kier alpha value is -2.74. The first-order valence-corrected chi connectivity index (χ1v) is 9.37.